The molecule has 1 rings (SSSR count). The number of pyridine rings is 1. The number of methoxy groups -OCH3 is 1. The van der Waals surface area contributed by atoms with Crippen molar-refractivity contribution >= 4 is 23.1 Å². The summed E-state index contributed by atoms with van der Waals surface area (Å²) < 4.78 is 4.99. The van der Waals surface area contributed by atoms with Gasteiger partial charge >= 0.3 is 0 Å². The lowest BCUT2D eigenvalue weighted by molar-refractivity contribution is 0.0929. The smallest absolute Gasteiger partial charge is 0.269 e. The predicted octanol–water partition coefficient (Wildman–Crippen LogP) is 0.728. The van der Waals surface area contributed by atoms with Crippen molar-refractivity contribution in [1.82, 2.24) is 10.3 Å². The number of ether oxygens (including phenoxy) is 1. The Bertz CT molecular complexity index is 420. The minimum Gasteiger partial charge on any atom is -0.389 e. The number of rotatable bonds is 6. The van der Waals surface area contributed by atoms with E-state index in [4.69, 9.17) is 22.7 Å². The van der Waals surface area contributed by atoms with Crippen LogP contribution in [0.25, 0.3) is 0 Å². The average molecular weight is 267 g/mol. The molecule has 0 saturated heterocycles. The summed E-state index contributed by atoms with van der Waals surface area (Å²) in [7, 11) is 1.63. The number of carbonyl (C=O) groups excluding carboxylic acids is 1. The SMILES string of the molecule is COCC(C)CNC(=O)c1ccc(C(N)=S)cn1. The van der Waals surface area contributed by atoms with Gasteiger partial charge in [0.25, 0.3) is 5.91 Å². The van der Waals surface area contributed by atoms with Gasteiger partial charge in [0.1, 0.15) is 10.7 Å². The maximum absolute atomic E-state index is 11.8. The summed E-state index contributed by atoms with van der Waals surface area (Å²) in [6.07, 6.45) is 1.50. The Morgan fingerprint density at radius 3 is 2.83 bits per heavy atom. The van der Waals surface area contributed by atoms with E-state index >= 15 is 0 Å². The van der Waals surface area contributed by atoms with Crippen LogP contribution < -0.4 is 11.1 Å². The maximum atomic E-state index is 11.8. The van der Waals surface area contributed by atoms with E-state index in [1.54, 1.807) is 19.2 Å². The highest BCUT2D eigenvalue weighted by molar-refractivity contribution is 7.80. The fraction of sp³-hybridized carbons (Fsp3) is 0.417. The Labute approximate surface area is 112 Å². The van der Waals surface area contributed by atoms with Gasteiger partial charge < -0.3 is 15.8 Å². The minimum absolute atomic E-state index is 0.215. The molecule has 1 atom stereocenters. The number of hydrogen-bond donors (Lipinski definition) is 2. The van der Waals surface area contributed by atoms with Gasteiger partial charge in [-0.05, 0) is 18.1 Å². The van der Waals surface area contributed by atoms with Crippen LogP contribution in [0.1, 0.15) is 23.0 Å². The summed E-state index contributed by atoms with van der Waals surface area (Å²) in [6, 6.07) is 3.29. The summed E-state index contributed by atoms with van der Waals surface area (Å²) in [6.45, 7) is 3.15. The zero-order valence-corrected chi connectivity index (χ0v) is 11.3. The quantitative estimate of drug-likeness (QED) is 0.743. The highest BCUT2D eigenvalue weighted by atomic mass is 32.1. The van der Waals surface area contributed by atoms with Crippen LogP contribution in [-0.2, 0) is 4.74 Å². The summed E-state index contributed by atoms with van der Waals surface area (Å²) >= 11 is 4.81. The van der Waals surface area contributed by atoms with E-state index in [2.05, 4.69) is 10.3 Å². The molecule has 1 unspecified atom stereocenters. The molecule has 6 heteroatoms. The molecule has 0 fully saturated rings. The molecule has 0 aromatic carbocycles. The van der Waals surface area contributed by atoms with Gasteiger partial charge in [-0.15, -0.1) is 0 Å². The molecule has 0 aliphatic rings. The first kappa shape index (κ1) is 14.5. The number of aromatic nitrogens is 1. The first-order chi connectivity index (χ1) is 8.54. The van der Waals surface area contributed by atoms with E-state index in [1.165, 1.54) is 6.20 Å². The van der Waals surface area contributed by atoms with Crippen molar-refractivity contribution in [2.24, 2.45) is 11.7 Å². The molecule has 1 heterocycles. The summed E-state index contributed by atoms with van der Waals surface area (Å²) in [5.41, 5.74) is 6.44. The van der Waals surface area contributed by atoms with Crippen LogP contribution in [0.15, 0.2) is 18.3 Å². The number of nitrogens with two attached hydrogens (primary N) is 1. The summed E-state index contributed by atoms with van der Waals surface area (Å²) in [4.78, 5) is 16.0. The molecule has 98 valence electrons. The van der Waals surface area contributed by atoms with Gasteiger partial charge in [-0.2, -0.15) is 0 Å². The zero-order valence-electron chi connectivity index (χ0n) is 10.5. The standard InChI is InChI=1S/C12H17N3O2S/c1-8(7-17-2)5-15-12(16)10-4-3-9(6-14-10)11(13)18/h3-4,6,8H,5,7H2,1-2H3,(H2,13,18)(H,15,16). The Kier molecular flexibility index (Phi) is 5.67. The molecule has 18 heavy (non-hydrogen) atoms. The molecule has 0 bridgehead atoms. The molecule has 1 aromatic rings. The van der Waals surface area contributed by atoms with Crippen LogP contribution in [0.5, 0.6) is 0 Å². The van der Waals surface area contributed by atoms with E-state index in [0.29, 0.717) is 24.4 Å². The molecule has 0 spiro atoms. The average Bonchev–Trinajstić information content (AvgIpc) is 2.36. The predicted molar refractivity (Wildman–Crippen MR) is 73.5 cm³/mol. The highest BCUT2D eigenvalue weighted by Gasteiger charge is 2.09. The van der Waals surface area contributed by atoms with Gasteiger partial charge in [0, 0.05) is 25.4 Å². The monoisotopic (exact) mass is 267 g/mol. The van der Waals surface area contributed by atoms with E-state index in [-0.39, 0.29) is 16.8 Å². The lowest BCUT2D eigenvalue weighted by Crippen LogP contribution is -2.30. The molecule has 0 aliphatic heterocycles. The van der Waals surface area contributed by atoms with Gasteiger partial charge in [-0.3, -0.25) is 9.78 Å². The number of nitrogens with zero attached hydrogens (tertiary/aromatic N) is 1. The van der Waals surface area contributed by atoms with Crippen LogP contribution in [0.3, 0.4) is 0 Å². The number of carbonyl (C=O) groups is 1. The van der Waals surface area contributed by atoms with Crippen molar-refractivity contribution in [1.29, 1.82) is 0 Å². The molecule has 1 amide bonds. The number of hydrogen-bond acceptors (Lipinski definition) is 4. The molecular weight excluding hydrogens is 250 g/mol. The Balaban J connectivity index is 2.54. The molecule has 1 aromatic heterocycles. The number of thiocarbonyl (C=S) groups is 1. The van der Waals surface area contributed by atoms with Gasteiger partial charge in [0.2, 0.25) is 0 Å². The van der Waals surface area contributed by atoms with Crippen LogP contribution in [-0.4, -0.2) is 36.1 Å². The molecule has 0 saturated carbocycles. The second kappa shape index (κ2) is 7.03. The third kappa shape index (κ3) is 4.38. The third-order valence-electron chi connectivity index (χ3n) is 2.34. The summed E-state index contributed by atoms with van der Waals surface area (Å²) in [5.74, 6) is 0.0438. The second-order valence-corrected chi connectivity index (χ2v) is 4.51. The molecule has 3 N–H and O–H groups in total. The fourth-order valence-electron chi connectivity index (χ4n) is 1.37. The van der Waals surface area contributed by atoms with Gasteiger partial charge in [-0.1, -0.05) is 19.1 Å². The number of amides is 1. The van der Waals surface area contributed by atoms with E-state index in [9.17, 15) is 4.79 Å². The van der Waals surface area contributed by atoms with Crippen molar-refractivity contribution in [3.63, 3.8) is 0 Å². The zero-order chi connectivity index (χ0) is 13.5. The van der Waals surface area contributed by atoms with E-state index in [1.807, 2.05) is 6.92 Å². The van der Waals surface area contributed by atoms with Crippen LogP contribution in [0, 0.1) is 5.92 Å². The summed E-state index contributed by atoms with van der Waals surface area (Å²) in [5, 5.41) is 2.79. The first-order valence-corrected chi connectivity index (χ1v) is 5.98. The van der Waals surface area contributed by atoms with Crippen molar-refractivity contribution in [2.45, 2.75) is 6.92 Å². The lowest BCUT2D eigenvalue weighted by atomic mass is 10.2. The van der Waals surface area contributed by atoms with Crippen molar-refractivity contribution in [3.05, 3.63) is 29.6 Å². The van der Waals surface area contributed by atoms with Crippen molar-refractivity contribution in [2.75, 3.05) is 20.3 Å². The normalized spacial score (nSPS) is 11.9. The topological polar surface area (TPSA) is 77.2 Å². The highest BCUT2D eigenvalue weighted by Crippen LogP contribution is 2.01. The molecular formula is C12H17N3O2S. The van der Waals surface area contributed by atoms with Crippen LogP contribution >= 0.6 is 12.2 Å². The Hall–Kier alpha value is -1.53. The van der Waals surface area contributed by atoms with Crippen LogP contribution in [0.2, 0.25) is 0 Å². The number of nitrogens with one attached hydrogen (secondary N) is 1. The first-order valence-electron chi connectivity index (χ1n) is 5.57. The Morgan fingerprint density at radius 1 is 1.61 bits per heavy atom. The Morgan fingerprint density at radius 2 is 2.33 bits per heavy atom. The molecule has 5 nitrogen and oxygen atoms in total. The molecule has 0 radical (unpaired) electrons. The molecule has 0 aliphatic carbocycles. The fourth-order valence-corrected chi connectivity index (χ4v) is 1.50. The van der Waals surface area contributed by atoms with E-state index in [0.717, 1.165) is 0 Å². The van der Waals surface area contributed by atoms with Gasteiger partial charge in [0.15, 0.2) is 0 Å². The van der Waals surface area contributed by atoms with Crippen molar-refractivity contribution < 1.29 is 9.53 Å². The second-order valence-electron chi connectivity index (χ2n) is 4.07. The van der Waals surface area contributed by atoms with Gasteiger partial charge in [0.05, 0.1) is 6.61 Å². The lowest BCUT2D eigenvalue weighted by Gasteiger charge is -2.11. The van der Waals surface area contributed by atoms with Crippen molar-refractivity contribution in [3.8, 4) is 0 Å². The minimum atomic E-state index is -0.215. The third-order valence-corrected chi connectivity index (χ3v) is 2.58. The largest absolute Gasteiger partial charge is 0.389 e. The maximum Gasteiger partial charge on any atom is 0.269 e. The van der Waals surface area contributed by atoms with Crippen LogP contribution in [0.4, 0.5) is 0 Å². The van der Waals surface area contributed by atoms with E-state index < -0.39 is 0 Å². The van der Waals surface area contributed by atoms with Gasteiger partial charge in [-0.25, -0.2) is 0 Å².